The molecule has 0 N–H and O–H groups in total. The van der Waals surface area contributed by atoms with Gasteiger partial charge in [-0.3, -0.25) is 0 Å². The second-order valence-electron chi connectivity index (χ2n) is 4.33. The van der Waals surface area contributed by atoms with E-state index < -0.39 is 0 Å². The SMILES string of the molecule is C1CC2CC1CC1CC21. The zero-order chi connectivity index (χ0) is 5.84. The van der Waals surface area contributed by atoms with E-state index >= 15 is 0 Å². The lowest BCUT2D eigenvalue weighted by atomic mass is 9.89. The van der Waals surface area contributed by atoms with Crippen LogP contribution in [0.15, 0.2) is 0 Å². The number of fused-ring (bicyclic) bond motifs is 4. The van der Waals surface area contributed by atoms with E-state index in [1.165, 1.54) is 23.7 Å². The van der Waals surface area contributed by atoms with Crippen molar-refractivity contribution in [2.24, 2.45) is 23.7 Å². The molecule has 2 bridgehead atoms. The van der Waals surface area contributed by atoms with Gasteiger partial charge in [0.25, 0.3) is 0 Å². The van der Waals surface area contributed by atoms with Gasteiger partial charge in [0.15, 0.2) is 0 Å². The molecule has 50 valence electrons. The summed E-state index contributed by atoms with van der Waals surface area (Å²) in [5, 5.41) is 0. The molecule has 3 aliphatic rings. The van der Waals surface area contributed by atoms with Gasteiger partial charge in [0, 0.05) is 0 Å². The molecule has 4 unspecified atom stereocenters. The number of hydrogen-bond acceptors (Lipinski definition) is 0. The van der Waals surface area contributed by atoms with Gasteiger partial charge in [0.1, 0.15) is 0 Å². The molecule has 0 radical (unpaired) electrons. The molecule has 0 saturated heterocycles. The first-order chi connectivity index (χ1) is 4.43. The summed E-state index contributed by atoms with van der Waals surface area (Å²) in [6.07, 6.45) is 8.01. The molecule has 3 saturated carbocycles. The normalized spacial score (nSPS) is 61.3. The fraction of sp³-hybridized carbons (Fsp3) is 1.00. The topological polar surface area (TPSA) is 0 Å². The largest absolute Gasteiger partial charge is 0.0502 e. The summed E-state index contributed by atoms with van der Waals surface area (Å²) in [7, 11) is 0. The highest BCUT2D eigenvalue weighted by Gasteiger charge is 2.50. The van der Waals surface area contributed by atoms with Crippen molar-refractivity contribution in [2.45, 2.75) is 32.1 Å². The van der Waals surface area contributed by atoms with E-state index in [0.29, 0.717) is 0 Å². The quantitative estimate of drug-likeness (QED) is 0.463. The smallest absolute Gasteiger partial charge is 0.0354 e. The summed E-state index contributed by atoms with van der Waals surface area (Å²) in [6, 6.07) is 0. The van der Waals surface area contributed by atoms with Crippen molar-refractivity contribution in [2.75, 3.05) is 0 Å². The first-order valence-electron chi connectivity index (χ1n) is 4.43. The maximum absolute atomic E-state index is 1.61. The molecule has 0 heteroatoms. The van der Waals surface area contributed by atoms with Crippen LogP contribution in [0.4, 0.5) is 0 Å². The Morgan fingerprint density at radius 2 is 1.67 bits per heavy atom. The third-order valence-electron chi connectivity index (χ3n) is 3.80. The van der Waals surface area contributed by atoms with E-state index in [2.05, 4.69) is 0 Å². The molecule has 4 atom stereocenters. The van der Waals surface area contributed by atoms with Crippen LogP contribution in [-0.4, -0.2) is 0 Å². The molecule has 0 aromatic heterocycles. The maximum atomic E-state index is 1.61. The minimum absolute atomic E-state index is 1.18. The van der Waals surface area contributed by atoms with Gasteiger partial charge in [-0.2, -0.15) is 0 Å². The van der Waals surface area contributed by atoms with Gasteiger partial charge in [-0.25, -0.2) is 0 Å². The van der Waals surface area contributed by atoms with Crippen LogP contribution >= 0.6 is 0 Å². The summed E-state index contributed by atoms with van der Waals surface area (Å²) in [6.45, 7) is 0. The third-order valence-corrected chi connectivity index (χ3v) is 3.80. The van der Waals surface area contributed by atoms with Gasteiger partial charge in [-0.1, -0.05) is 6.42 Å². The molecule has 0 aromatic carbocycles. The van der Waals surface area contributed by atoms with Crippen molar-refractivity contribution in [3.05, 3.63) is 0 Å². The highest BCUT2D eigenvalue weighted by molar-refractivity contribution is 5.00. The zero-order valence-corrected chi connectivity index (χ0v) is 5.84. The van der Waals surface area contributed by atoms with Gasteiger partial charge in [0.05, 0.1) is 0 Å². The molecule has 3 rings (SSSR count). The van der Waals surface area contributed by atoms with Crippen LogP contribution in [0.2, 0.25) is 0 Å². The lowest BCUT2D eigenvalue weighted by molar-refractivity contribution is 0.340. The van der Waals surface area contributed by atoms with Gasteiger partial charge in [0.2, 0.25) is 0 Å². The van der Waals surface area contributed by atoms with Crippen LogP contribution in [0.5, 0.6) is 0 Å². The molecule has 0 spiro atoms. The van der Waals surface area contributed by atoms with E-state index in [1.807, 2.05) is 0 Å². The minimum atomic E-state index is 1.18. The van der Waals surface area contributed by atoms with Crippen molar-refractivity contribution < 1.29 is 0 Å². The van der Waals surface area contributed by atoms with E-state index in [-0.39, 0.29) is 0 Å². The molecule has 0 heterocycles. The van der Waals surface area contributed by atoms with Gasteiger partial charge in [-0.05, 0) is 49.4 Å². The van der Waals surface area contributed by atoms with E-state index in [1.54, 1.807) is 32.1 Å². The molecule has 0 aromatic rings. The van der Waals surface area contributed by atoms with Crippen LogP contribution in [0.1, 0.15) is 32.1 Å². The fourth-order valence-electron chi connectivity index (χ4n) is 3.26. The highest BCUT2D eigenvalue weighted by atomic mass is 14.6. The standard InChI is InChI=1S/C9H14/c1-2-7-3-6(1)4-8-5-9(7)8/h6-9H,1-5H2. The summed E-state index contributed by atoms with van der Waals surface area (Å²) < 4.78 is 0. The monoisotopic (exact) mass is 122 g/mol. The molecule has 0 aliphatic heterocycles. The van der Waals surface area contributed by atoms with Crippen LogP contribution in [0, 0.1) is 23.7 Å². The summed E-state index contributed by atoms with van der Waals surface area (Å²) in [5.74, 6) is 4.83. The molecule has 3 aliphatic carbocycles. The molecular formula is C9H14. The molecular weight excluding hydrogens is 108 g/mol. The Labute approximate surface area is 56.6 Å². The predicted molar refractivity (Wildman–Crippen MR) is 37.0 cm³/mol. The van der Waals surface area contributed by atoms with Gasteiger partial charge in [-0.15, -0.1) is 0 Å². The van der Waals surface area contributed by atoms with Crippen molar-refractivity contribution in [3.63, 3.8) is 0 Å². The van der Waals surface area contributed by atoms with Crippen molar-refractivity contribution in [3.8, 4) is 0 Å². The fourth-order valence-corrected chi connectivity index (χ4v) is 3.26. The summed E-state index contributed by atoms with van der Waals surface area (Å²) >= 11 is 0. The number of hydrogen-bond donors (Lipinski definition) is 0. The van der Waals surface area contributed by atoms with Crippen LogP contribution in [-0.2, 0) is 0 Å². The Bertz CT molecular complexity index is 137. The molecule has 9 heavy (non-hydrogen) atoms. The average Bonchev–Trinajstić information content (AvgIpc) is 2.50. The third kappa shape index (κ3) is 0.544. The molecule has 0 nitrogen and oxygen atoms in total. The number of rotatable bonds is 0. The summed E-state index contributed by atoms with van der Waals surface area (Å²) in [5.41, 5.74) is 0. The van der Waals surface area contributed by atoms with Crippen molar-refractivity contribution >= 4 is 0 Å². The summed E-state index contributed by atoms with van der Waals surface area (Å²) in [4.78, 5) is 0. The highest BCUT2D eigenvalue weighted by Crippen LogP contribution is 2.60. The van der Waals surface area contributed by atoms with E-state index in [9.17, 15) is 0 Å². The Hall–Kier alpha value is 0. The zero-order valence-electron chi connectivity index (χ0n) is 5.84. The average molecular weight is 122 g/mol. The van der Waals surface area contributed by atoms with Crippen LogP contribution < -0.4 is 0 Å². The molecule has 3 fully saturated rings. The lowest BCUT2D eigenvalue weighted by Gasteiger charge is -2.16. The lowest BCUT2D eigenvalue weighted by Crippen LogP contribution is -2.07. The second kappa shape index (κ2) is 1.36. The molecule has 0 amide bonds. The van der Waals surface area contributed by atoms with Crippen molar-refractivity contribution in [1.29, 1.82) is 0 Å². The Balaban J connectivity index is 1.90. The van der Waals surface area contributed by atoms with Crippen molar-refractivity contribution in [1.82, 2.24) is 0 Å². The second-order valence-corrected chi connectivity index (χ2v) is 4.33. The Morgan fingerprint density at radius 3 is 2.67 bits per heavy atom. The van der Waals surface area contributed by atoms with E-state index in [0.717, 1.165) is 0 Å². The predicted octanol–water partition coefficient (Wildman–Crippen LogP) is 2.44. The van der Waals surface area contributed by atoms with Crippen LogP contribution in [0.3, 0.4) is 0 Å². The van der Waals surface area contributed by atoms with Crippen LogP contribution in [0.25, 0.3) is 0 Å². The Morgan fingerprint density at radius 1 is 0.778 bits per heavy atom. The minimum Gasteiger partial charge on any atom is -0.0502 e. The first kappa shape index (κ1) is 4.76. The first-order valence-corrected chi connectivity index (χ1v) is 4.43. The van der Waals surface area contributed by atoms with Gasteiger partial charge >= 0.3 is 0 Å². The maximum Gasteiger partial charge on any atom is -0.0354 e. The van der Waals surface area contributed by atoms with Gasteiger partial charge < -0.3 is 0 Å². The van der Waals surface area contributed by atoms with E-state index in [4.69, 9.17) is 0 Å². The Kier molecular flexibility index (Phi) is 0.717.